The molecule has 1 nitrogen and oxygen atoms in total. The van der Waals surface area contributed by atoms with Gasteiger partial charge in [-0.05, 0) is 42.9 Å². The van der Waals surface area contributed by atoms with Crippen LogP contribution >= 0.6 is 0 Å². The van der Waals surface area contributed by atoms with Crippen molar-refractivity contribution in [2.24, 2.45) is 17.3 Å². The van der Waals surface area contributed by atoms with Gasteiger partial charge in [-0.3, -0.25) is 0 Å². The van der Waals surface area contributed by atoms with E-state index in [1.165, 1.54) is 51.4 Å². The van der Waals surface area contributed by atoms with E-state index < -0.39 is 0 Å². The van der Waals surface area contributed by atoms with Crippen LogP contribution in [0, 0.1) is 17.3 Å². The molecule has 0 aliphatic heterocycles. The van der Waals surface area contributed by atoms with E-state index in [2.05, 4.69) is 33.0 Å². The van der Waals surface area contributed by atoms with Crippen molar-refractivity contribution in [2.75, 3.05) is 0 Å². The molecule has 4 atom stereocenters. The first-order valence-electron chi connectivity index (χ1n) is 8.23. The van der Waals surface area contributed by atoms with Crippen LogP contribution in [0.15, 0.2) is 0 Å². The van der Waals surface area contributed by atoms with Gasteiger partial charge in [0.2, 0.25) is 0 Å². The molecule has 0 aromatic heterocycles. The number of nitrogens with one attached hydrogen (secondary N) is 1. The average Bonchev–Trinajstić information content (AvgIpc) is 2.28. The first-order chi connectivity index (χ1) is 8.47. The van der Waals surface area contributed by atoms with Crippen molar-refractivity contribution in [3.63, 3.8) is 0 Å². The molecule has 2 fully saturated rings. The lowest BCUT2D eigenvalue weighted by molar-refractivity contribution is 0.114. The van der Waals surface area contributed by atoms with E-state index in [1.807, 2.05) is 0 Å². The maximum absolute atomic E-state index is 4.04. The third-order valence-electron chi connectivity index (χ3n) is 5.26. The number of hydrogen-bond acceptors (Lipinski definition) is 1. The van der Waals surface area contributed by atoms with Crippen LogP contribution in [0.3, 0.4) is 0 Å². The predicted octanol–water partition coefficient (Wildman–Crippen LogP) is 4.76. The molecule has 0 heterocycles. The minimum atomic E-state index is 0.471. The molecule has 0 aromatic carbocycles. The van der Waals surface area contributed by atoms with Crippen LogP contribution in [0.25, 0.3) is 0 Å². The lowest BCUT2D eigenvalue weighted by Crippen LogP contribution is -2.49. The summed E-state index contributed by atoms with van der Waals surface area (Å²) in [6.45, 7) is 9.72. The van der Waals surface area contributed by atoms with Crippen molar-refractivity contribution in [3.8, 4) is 0 Å². The van der Waals surface area contributed by atoms with Crippen molar-refractivity contribution in [1.82, 2.24) is 5.32 Å². The summed E-state index contributed by atoms with van der Waals surface area (Å²) in [5.41, 5.74) is 0.471. The Balaban J connectivity index is 1.93. The monoisotopic (exact) mass is 251 g/mol. The van der Waals surface area contributed by atoms with Crippen molar-refractivity contribution in [1.29, 1.82) is 0 Å². The van der Waals surface area contributed by atoms with E-state index in [4.69, 9.17) is 0 Å². The van der Waals surface area contributed by atoms with Gasteiger partial charge < -0.3 is 5.32 Å². The van der Waals surface area contributed by atoms with E-state index in [1.54, 1.807) is 0 Å². The Morgan fingerprint density at radius 2 is 1.61 bits per heavy atom. The summed E-state index contributed by atoms with van der Waals surface area (Å²) in [7, 11) is 0. The highest BCUT2D eigenvalue weighted by molar-refractivity contribution is 4.90. The van der Waals surface area contributed by atoms with E-state index in [9.17, 15) is 0 Å². The van der Waals surface area contributed by atoms with Gasteiger partial charge in [0, 0.05) is 12.1 Å². The fourth-order valence-electron chi connectivity index (χ4n) is 4.26. The molecule has 2 saturated carbocycles. The van der Waals surface area contributed by atoms with Gasteiger partial charge in [0.1, 0.15) is 0 Å². The van der Waals surface area contributed by atoms with Gasteiger partial charge in [0.25, 0.3) is 0 Å². The van der Waals surface area contributed by atoms with Gasteiger partial charge in [-0.15, -0.1) is 0 Å². The fraction of sp³-hybridized carbons (Fsp3) is 1.00. The second-order valence-corrected chi connectivity index (χ2v) is 8.00. The highest BCUT2D eigenvalue weighted by Crippen LogP contribution is 2.38. The van der Waals surface area contributed by atoms with Crippen LogP contribution in [0.1, 0.15) is 79.1 Å². The first kappa shape index (κ1) is 14.4. The second kappa shape index (κ2) is 5.94. The topological polar surface area (TPSA) is 12.0 Å². The quantitative estimate of drug-likeness (QED) is 0.746. The molecule has 0 saturated heterocycles. The Kier molecular flexibility index (Phi) is 4.75. The molecule has 0 radical (unpaired) electrons. The summed E-state index contributed by atoms with van der Waals surface area (Å²) in [6, 6.07) is 1.59. The molecule has 106 valence electrons. The van der Waals surface area contributed by atoms with Crippen LogP contribution in [0.5, 0.6) is 0 Å². The van der Waals surface area contributed by atoms with Crippen molar-refractivity contribution < 1.29 is 0 Å². The zero-order valence-corrected chi connectivity index (χ0v) is 13.0. The minimum Gasteiger partial charge on any atom is -0.311 e. The minimum absolute atomic E-state index is 0.471. The molecule has 0 amide bonds. The van der Waals surface area contributed by atoms with Gasteiger partial charge in [0.15, 0.2) is 0 Å². The maximum atomic E-state index is 4.04. The molecular formula is C17H33N. The highest BCUT2D eigenvalue weighted by atomic mass is 15.0. The van der Waals surface area contributed by atoms with Crippen LogP contribution in [-0.4, -0.2) is 12.1 Å². The average molecular weight is 251 g/mol. The number of rotatable bonds is 2. The van der Waals surface area contributed by atoms with Crippen LogP contribution in [-0.2, 0) is 0 Å². The Morgan fingerprint density at radius 3 is 2.28 bits per heavy atom. The van der Waals surface area contributed by atoms with Crippen molar-refractivity contribution >= 4 is 0 Å². The summed E-state index contributed by atoms with van der Waals surface area (Å²) in [5, 5.41) is 4.04. The van der Waals surface area contributed by atoms with E-state index in [0.717, 1.165) is 23.9 Å². The summed E-state index contributed by atoms with van der Waals surface area (Å²) >= 11 is 0. The second-order valence-electron chi connectivity index (χ2n) is 8.00. The van der Waals surface area contributed by atoms with E-state index in [-0.39, 0.29) is 0 Å². The largest absolute Gasteiger partial charge is 0.311 e. The Bertz CT molecular complexity index is 253. The van der Waals surface area contributed by atoms with Gasteiger partial charge in [0.05, 0.1) is 0 Å². The fourth-order valence-corrected chi connectivity index (χ4v) is 4.26. The van der Waals surface area contributed by atoms with Crippen molar-refractivity contribution in [2.45, 2.75) is 91.1 Å². The smallest absolute Gasteiger partial charge is 0.0103 e. The van der Waals surface area contributed by atoms with Crippen LogP contribution < -0.4 is 5.32 Å². The zero-order valence-electron chi connectivity index (χ0n) is 13.0. The lowest BCUT2D eigenvalue weighted by Gasteiger charge is -2.43. The lowest BCUT2D eigenvalue weighted by atomic mass is 9.69. The zero-order chi connectivity index (χ0) is 13.2. The molecular weight excluding hydrogens is 218 g/mol. The summed E-state index contributed by atoms with van der Waals surface area (Å²) in [4.78, 5) is 0. The third-order valence-corrected chi connectivity index (χ3v) is 5.26. The molecule has 4 unspecified atom stereocenters. The summed E-state index contributed by atoms with van der Waals surface area (Å²) in [5.74, 6) is 1.82. The molecule has 18 heavy (non-hydrogen) atoms. The van der Waals surface area contributed by atoms with Crippen LogP contribution in [0.4, 0.5) is 0 Å². The Hall–Kier alpha value is -0.0400. The third kappa shape index (κ3) is 3.73. The summed E-state index contributed by atoms with van der Waals surface area (Å²) in [6.07, 6.45) is 11.4. The SMILES string of the molecule is CC1CCCC(NC2CCCCC2C(C)(C)C)C1. The van der Waals surface area contributed by atoms with Crippen LogP contribution in [0.2, 0.25) is 0 Å². The van der Waals surface area contributed by atoms with Crippen molar-refractivity contribution in [3.05, 3.63) is 0 Å². The molecule has 0 bridgehead atoms. The molecule has 1 N–H and O–H groups in total. The van der Waals surface area contributed by atoms with E-state index in [0.29, 0.717) is 5.41 Å². The predicted molar refractivity (Wildman–Crippen MR) is 79.8 cm³/mol. The maximum Gasteiger partial charge on any atom is 0.0103 e. The van der Waals surface area contributed by atoms with E-state index >= 15 is 0 Å². The Labute approximate surface area is 114 Å². The van der Waals surface area contributed by atoms with Gasteiger partial charge in [-0.2, -0.15) is 0 Å². The standard InChI is InChI=1S/C17H33N/c1-13-8-7-9-14(12-13)18-16-11-6-5-10-15(16)17(2,3)4/h13-16,18H,5-12H2,1-4H3. The highest BCUT2D eigenvalue weighted by Gasteiger charge is 2.35. The Morgan fingerprint density at radius 1 is 0.889 bits per heavy atom. The molecule has 0 spiro atoms. The van der Waals surface area contributed by atoms with Gasteiger partial charge >= 0.3 is 0 Å². The molecule has 0 aromatic rings. The van der Waals surface area contributed by atoms with Gasteiger partial charge in [-0.1, -0.05) is 53.4 Å². The number of hydrogen-bond donors (Lipinski definition) is 1. The molecule has 1 heteroatoms. The molecule has 2 aliphatic rings. The normalized spacial score (nSPS) is 38.7. The van der Waals surface area contributed by atoms with Gasteiger partial charge in [-0.25, -0.2) is 0 Å². The summed E-state index contributed by atoms with van der Waals surface area (Å²) < 4.78 is 0. The first-order valence-corrected chi connectivity index (χ1v) is 8.23. The molecule has 2 rings (SSSR count). The molecule has 2 aliphatic carbocycles.